The van der Waals surface area contributed by atoms with Gasteiger partial charge >= 0.3 is 0 Å². The predicted molar refractivity (Wildman–Crippen MR) is 98.2 cm³/mol. The number of aromatic nitrogens is 5. The molecule has 2 aromatic rings. The Kier molecular flexibility index (Phi) is 6.28. The Morgan fingerprint density at radius 3 is 2.38 bits per heavy atom. The van der Waals surface area contributed by atoms with Crippen molar-refractivity contribution in [1.82, 2.24) is 29.9 Å². The van der Waals surface area contributed by atoms with Gasteiger partial charge in [-0.25, -0.2) is 4.98 Å². The SMILES string of the molecule is CC(=O)c1c(C)nn(C(C)CC(=O)NCCCn2nc(C)nc2C)c1C. The van der Waals surface area contributed by atoms with Gasteiger partial charge in [0, 0.05) is 25.2 Å². The molecule has 1 N–H and O–H groups in total. The summed E-state index contributed by atoms with van der Waals surface area (Å²) in [4.78, 5) is 28.2. The van der Waals surface area contributed by atoms with Crippen molar-refractivity contribution < 1.29 is 9.59 Å². The molecule has 0 saturated heterocycles. The second-order valence-corrected chi connectivity index (χ2v) is 6.73. The van der Waals surface area contributed by atoms with Crippen molar-refractivity contribution in [2.24, 2.45) is 0 Å². The van der Waals surface area contributed by atoms with E-state index in [0.717, 1.165) is 30.3 Å². The highest BCUT2D eigenvalue weighted by Crippen LogP contribution is 2.19. The van der Waals surface area contributed by atoms with Crippen LogP contribution in [0.15, 0.2) is 0 Å². The standard InChI is InChI=1S/C18H28N6O2/c1-11(24-13(3)18(14(4)25)12(2)21-24)10-17(26)19-8-7-9-23-16(6)20-15(5)22-23/h11H,7-10H2,1-6H3,(H,19,26). The molecule has 1 unspecified atom stereocenters. The summed E-state index contributed by atoms with van der Waals surface area (Å²) in [7, 11) is 0. The topological polar surface area (TPSA) is 94.7 Å². The fraction of sp³-hybridized carbons (Fsp3) is 0.611. The number of nitrogens with one attached hydrogen (secondary N) is 1. The van der Waals surface area contributed by atoms with Gasteiger partial charge in [0.1, 0.15) is 11.6 Å². The molecule has 0 radical (unpaired) electrons. The Morgan fingerprint density at radius 1 is 1.15 bits per heavy atom. The Morgan fingerprint density at radius 2 is 1.85 bits per heavy atom. The van der Waals surface area contributed by atoms with Gasteiger partial charge in [0.15, 0.2) is 5.78 Å². The van der Waals surface area contributed by atoms with Gasteiger partial charge in [-0.2, -0.15) is 10.2 Å². The number of nitrogens with zero attached hydrogens (tertiary/aromatic N) is 5. The van der Waals surface area contributed by atoms with Crippen LogP contribution in [-0.2, 0) is 11.3 Å². The number of carbonyl (C=O) groups excluding carboxylic acids is 2. The van der Waals surface area contributed by atoms with Crippen LogP contribution in [0.2, 0.25) is 0 Å². The molecule has 0 aromatic carbocycles. The van der Waals surface area contributed by atoms with E-state index >= 15 is 0 Å². The second-order valence-electron chi connectivity index (χ2n) is 6.73. The quantitative estimate of drug-likeness (QED) is 0.574. The highest BCUT2D eigenvalue weighted by Gasteiger charge is 2.20. The van der Waals surface area contributed by atoms with Crippen LogP contribution in [0, 0.1) is 27.7 Å². The van der Waals surface area contributed by atoms with Gasteiger partial charge in [-0.05, 0) is 48.0 Å². The number of Topliss-reactive ketones (excluding diaryl/α,β-unsaturated/α-hetero) is 1. The second kappa shape index (κ2) is 8.25. The summed E-state index contributed by atoms with van der Waals surface area (Å²) in [5.74, 6) is 1.62. The summed E-state index contributed by atoms with van der Waals surface area (Å²) in [6.45, 7) is 12.3. The average Bonchev–Trinajstić information content (AvgIpc) is 3.02. The molecule has 8 nitrogen and oxygen atoms in total. The normalized spacial score (nSPS) is 12.2. The van der Waals surface area contributed by atoms with Gasteiger partial charge in [0.25, 0.3) is 0 Å². The molecule has 0 bridgehead atoms. The minimum absolute atomic E-state index is 0.00143. The first-order valence-electron chi connectivity index (χ1n) is 8.92. The van der Waals surface area contributed by atoms with Crippen LogP contribution in [0.3, 0.4) is 0 Å². The van der Waals surface area contributed by atoms with Gasteiger partial charge in [-0.1, -0.05) is 0 Å². The van der Waals surface area contributed by atoms with Gasteiger partial charge in [-0.15, -0.1) is 0 Å². The highest BCUT2D eigenvalue weighted by atomic mass is 16.1. The van der Waals surface area contributed by atoms with Crippen molar-refractivity contribution in [3.63, 3.8) is 0 Å². The van der Waals surface area contributed by atoms with E-state index in [-0.39, 0.29) is 17.7 Å². The van der Waals surface area contributed by atoms with Crippen molar-refractivity contribution in [3.05, 3.63) is 28.6 Å². The molecule has 8 heteroatoms. The van der Waals surface area contributed by atoms with E-state index in [9.17, 15) is 9.59 Å². The number of aryl methyl sites for hydroxylation is 4. The van der Waals surface area contributed by atoms with E-state index in [1.807, 2.05) is 39.3 Å². The molecule has 0 fully saturated rings. The van der Waals surface area contributed by atoms with Crippen LogP contribution in [0.5, 0.6) is 0 Å². The highest BCUT2D eigenvalue weighted by molar-refractivity contribution is 5.96. The van der Waals surface area contributed by atoms with E-state index in [2.05, 4.69) is 20.5 Å². The third kappa shape index (κ3) is 4.56. The molecule has 0 aliphatic rings. The predicted octanol–water partition coefficient (Wildman–Crippen LogP) is 2.07. The minimum atomic E-state index is -0.109. The molecule has 142 valence electrons. The zero-order valence-electron chi connectivity index (χ0n) is 16.5. The Labute approximate surface area is 154 Å². The van der Waals surface area contributed by atoms with Crippen molar-refractivity contribution >= 4 is 11.7 Å². The van der Waals surface area contributed by atoms with Crippen LogP contribution in [-0.4, -0.2) is 42.8 Å². The molecule has 2 heterocycles. The fourth-order valence-electron chi connectivity index (χ4n) is 3.26. The third-order valence-electron chi connectivity index (χ3n) is 4.41. The van der Waals surface area contributed by atoms with Crippen LogP contribution in [0.25, 0.3) is 0 Å². The summed E-state index contributed by atoms with van der Waals surface area (Å²) >= 11 is 0. The summed E-state index contributed by atoms with van der Waals surface area (Å²) in [6, 6.07) is -0.109. The van der Waals surface area contributed by atoms with Gasteiger partial charge in [0.2, 0.25) is 5.91 Å². The van der Waals surface area contributed by atoms with E-state index in [1.165, 1.54) is 6.92 Å². The van der Waals surface area contributed by atoms with Crippen LogP contribution in [0.4, 0.5) is 0 Å². The number of hydrogen-bond acceptors (Lipinski definition) is 5. The summed E-state index contributed by atoms with van der Waals surface area (Å²) in [5.41, 5.74) is 2.17. The van der Waals surface area contributed by atoms with Crippen LogP contribution in [0.1, 0.15) is 66.1 Å². The first-order chi connectivity index (χ1) is 12.2. The zero-order chi connectivity index (χ0) is 19.4. The van der Waals surface area contributed by atoms with Crippen molar-refractivity contribution in [3.8, 4) is 0 Å². The lowest BCUT2D eigenvalue weighted by atomic mass is 10.1. The van der Waals surface area contributed by atoms with Gasteiger partial charge in [-0.3, -0.25) is 19.0 Å². The first kappa shape index (κ1) is 19.8. The molecular weight excluding hydrogens is 332 g/mol. The smallest absolute Gasteiger partial charge is 0.222 e. The van der Waals surface area contributed by atoms with Crippen LogP contribution >= 0.6 is 0 Å². The lowest BCUT2D eigenvalue weighted by Gasteiger charge is -2.14. The van der Waals surface area contributed by atoms with E-state index in [0.29, 0.717) is 24.2 Å². The van der Waals surface area contributed by atoms with Gasteiger partial charge in [0.05, 0.1) is 17.3 Å². The molecule has 2 aromatic heterocycles. The largest absolute Gasteiger partial charge is 0.356 e. The van der Waals surface area contributed by atoms with E-state index < -0.39 is 0 Å². The minimum Gasteiger partial charge on any atom is -0.356 e. The zero-order valence-corrected chi connectivity index (χ0v) is 16.5. The van der Waals surface area contributed by atoms with Crippen molar-refractivity contribution in [1.29, 1.82) is 0 Å². The van der Waals surface area contributed by atoms with E-state index in [1.54, 1.807) is 4.68 Å². The molecule has 0 spiro atoms. The molecule has 1 atom stereocenters. The van der Waals surface area contributed by atoms with Crippen LogP contribution < -0.4 is 5.32 Å². The fourth-order valence-corrected chi connectivity index (χ4v) is 3.26. The molecule has 0 aliphatic heterocycles. The maximum absolute atomic E-state index is 12.2. The van der Waals surface area contributed by atoms with E-state index in [4.69, 9.17) is 0 Å². The Balaban J connectivity index is 1.83. The third-order valence-corrected chi connectivity index (χ3v) is 4.41. The number of hydrogen-bond donors (Lipinski definition) is 1. The van der Waals surface area contributed by atoms with Crippen molar-refractivity contribution in [2.45, 2.75) is 67.0 Å². The first-order valence-corrected chi connectivity index (χ1v) is 8.92. The Hall–Kier alpha value is -2.51. The lowest BCUT2D eigenvalue weighted by molar-refractivity contribution is -0.121. The molecule has 0 saturated carbocycles. The lowest BCUT2D eigenvalue weighted by Crippen LogP contribution is -2.28. The summed E-state index contributed by atoms with van der Waals surface area (Å²) < 4.78 is 3.62. The molecule has 0 aliphatic carbocycles. The molecular formula is C18H28N6O2. The number of carbonyl (C=O) groups is 2. The number of amides is 1. The molecule has 2 rings (SSSR count). The molecule has 26 heavy (non-hydrogen) atoms. The average molecular weight is 360 g/mol. The Bertz CT molecular complexity index is 805. The number of rotatable bonds is 8. The summed E-state index contributed by atoms with van der Waals surface area (Å²) in [6.07, 6.45) is 1.11. The monoisotopic (exact) mass is 360 g/mol. The van der Waals surface area contributed by atoms with Crippen molar-refractivity contribution in [2.75, 3.05) is 6.54 Å². The maximum Gasteiger partial charge on any atom is 0.222 e. The summed E-state index contributed by atoms with van der Waals surface area (Å²) in [5, 5.41) is 11.7. The maximum atomic E-state index is 12.2. The number of ketones is 1. The van der Waals surface area contributed by atoms with Gasteiger partial charge < -0.3 is 5.32 Å². The molecule has 1 amide bonds.